The van der Waals surface area contributed by atoms with E-state index in [1.54, 1.807) is 33.9 Å². The maximum Gasteiger partial charge on any atom is 0.309 e. The van der Waals surface area contributed by atoms with E-state index in [0.29, 0.717) is 49.2 Å². The number of carboxylic acid groups (broad SMARTS) is 1. The Morgan fingerprint density at radius 1 is 0.824 bits per heavy atom. The average molecular weight is 515 g/mol. The molecule has 0 radical (unpaired) electrons. The minimum Gasteiger partial charge on any atom is -0.481 e. The number of hydrogen-bond donors (Lipinski definition) is 7. The fourth-order valence-corrected chi connectivity index (χ4v) is 2.93. The number of amides is 1. The van der Waals surface area contributed by atoms with Gasteiger partial charge in [-0.1, -0.05) is 13.8 Å². The molecular weight excluding hydrogens is 476 g/mol. The lowest BCUT2D eigenvalue weighted by Gasteiger charge is -2.21. The molecule has 0 saturated heterocycles. The van der Waals surface area contributed by atoms with Gasteiger partial charge in [-0.2, -0.15) is 10.5 Å². The first-order chi connectivity index (χ1) is 15.8. The Morgan fingerprint density at radius 3 is 1.53 bits per heavy atom. The Morgan fingerprint density at radius 2 is 1.18 bits per heavy atom. The SMILES string of the molecule is CC(C)(CCCNC(=S)NCCCNC(=S)NCCCC(C)(C)C(=O)NC#N)C(=O)O.N#CN. The summed E-state index contributed by atoms with van der Waals surface area (Å²) in [4.78, 5) is 22.8. The highest BCUT2D eigenvalue weighted by Gasteiger charge is 2.27. The van der Waals surface area contributed by atoms with Gasteiger partial charge in [0.2, 0.25) is 5.91 Å². The van der Waals surface area contributed by atoms with E-state index in [2.05, 4.69) is 32.3 Å². The van der Waals surface area contributed by atoms with Crippen molar-refractivity contribution in [2.45, 2.75) is 59.8 Å². The molecule has 0 spiro atoms. The highest BCUT2D eigenvalue weighted by molar-refractivity contribution is 7.80. The molecule has 0 fully saturated rings. The fourth-order valence-electron chi connectivity index (χ4n) is 2.52. The van der Waals surface area contributed by atoms with Gasteiger partial charge in [0.25, 0.3) is 0 Å². The van der Waals surface area contributed by atoms with E-state index in [0.717, 1.165) is 19.3 Å². The van der Waals surface area contributed by atoms with Gasteiger partial charge in [-0.05, 0) is 70.4 Å². The van der Waals surface area contributed by atoms with Crippen molar-refractivity contribution in [3.8, 4) is 12.4 Å². The van der Waals surface area contributed by atoms with Crippen molar-refractivity contribution in [2.75, 3.05) is 26.2 Å². The monoisotopic (exact) mass is 514 g/mol. The van der Waals surface area contributed by atoms with Crippen LogP contribution in [-0.4, -0.2) is 53.4 Å². The minimum absolute atomic E-state index is 0.278. The smallest absolute Gasteiger partial charge is 0.309 e. The zero-order valence-electron chi connectivity index (χ0n) is 20.4. The zero-order chi connectivity index (χ0) is 26.6. The predicted octanol–water partition coefficient (Wildman–Crippen LogP) is 1.03. The Kier molecular flexibility index (Phi) is 18.1. The molecule has 0 aromatic carbocycles. The summed E-state index contributed by atoms with van der Waals surface area (Å²) in [5, 5.41) is 40.4. The predicted molar refractivity (Wildman–Crippen MR) is 139 cm³/mol. The van der Waals surface area contributed by atoms with Gasteiger partial charge in [-0.3, -0.25) is 14.9 Å². The van der Waals surface area contributed by atoms with Crippen LogP contribution in [0.1, 0.15) is 59.8 Å². The first-order valence-corrected chi connectivity index (χ1v) is 11.7. The first-order valence-electron chi connectivity index (χ1n) is 10.9. The summed E-state index contributed by atoms with van der Waals surface area (Å²) >= 11 is 10.4. The lowest BCUT2D eigenvalue weighted by Crippen LogP contribution is -2.40. The second-order valence-corrected chi connectivity index (χ2v) is 9.51. The van der Waals surface area contributed by atoms with Crippen molar-refractivity contribution in [3.05, 3.63) is 0 Å². The van der Waals surface area contributed by atoms with Crippen LogP contribution < -0.4 is 32.3 Å². The molecule has 34 heavy (non-hydrogen) atoms. The standard InChI is InChI=1S/C20H36N6O3S2.CH2N2/c1-19(2,15(27)26-14-21)8-5-10-22-17(30)24-12-7-13-25-18(31)23-11-6-9-20(3,4)16(28)29;2-1-3/h5-13H2,1-4H3,(H,26,27)(H,28,29)(H2,22,24,30)(H2,23,25,31);2H2. The highest BCUT2D eigenvalue weighted by atomic mass is 32.1. The Bertz CT molecular complexity index is 745. The summed E-state index contributed by atoms with van der Waals surface area (Å²) < 4.78 is 0. The minimum atomic E-state index is -0.792. The molecule has 0 aliphatic carbocycles. The number of carboxylic acids is 1. The maximum absolute atomic E-state index is 11.7. The van der Waals surface area contributed by atoms with Crippen LogP contribution in [0.3, 0.4) is 0 Å². The quantitative estimate of drug-likeness (QED) is 0.0755. The normalized spacial score (nSPS) is 10.3. The van der Waals surface area contributed by atoms with E-state index in [4.69, 9.17) is 40.1 Å². The van der Waals surface area contributed by atoms with Crippen LogP contribution in [0.5, 0.6) is 0 Å². The molecular formula is C21H38N8O3S2. The van der Waals surface area contributed by atoms with Crippen LogP contribution in [0.15, 0.2) is 0 Å². The summed E-state index contributed by atoms with van der Waals surface area (Å²) in [6.07, 6.45) is 6.42. The van der Waals surface area contributed by atoms with Crippen molar-refractivity contribution >= 4 is 46.5 Å². The van der Waals surface area contributed by atoms with Crippen LogP contribution in [0.2, 0.25) is 0 Å². The van der Waals surface area contributed by atoms with E-state index < -0.39 is 16.8 Å². The number of thiocarbonyl (C=S) groups is 2. The molecule has 11 nitrogen and oxygen atoms in total. The summed E-state index contributed by atoms with van der Waals surface area (Å²) in [6.45, 7) is 9.68. The Hall–Kier alpha value is -2.90. The molecule has 0 unspecified atom stereocenters. The van der Waals surface area contributed by atoms with Crippen molar-refractivity contribution in [1.29, 1.82) is 10.5 Å². The molecule has 0 aromatic heterocycles. The van der Waals surface area contributed by atoms with Crippen LogP contribution in [0.25, 0.3) is 0 Å². The molecule has 0 saturated carbocycles. The van der Waals surface area contributed by atoms with Crippen LogP contribution in [-0.2, 0) is 9.59 Å². The molecule has 0 bridgehead atoms. The molecule has 0 aromatic rings. The molecule has 0 aliphatic heterocycles. The number of carbonyl (C=O) groups excluding carboxylic acids is 1. The van der Waals surface area contributed by atoms with E-state index in [9.17, 15) is 9.59 Å². The lowest BCUT2D eigenvalue weighted by atomic mass is 9.87. The molecule has 8 N–H and O–H groups in total. The molecule has 0 atom stereocenters. The maximum atomic E-state index is 11.7. The van der Waals surface area contributed by atoms with Gasteiger partial charge in [0.05, 0.1) is 5.41 Å². The van der Waals surface area contributed by atoms with Gasteiger partial charge < -0.3 is 32.1 Å². The topological polar surface area (TPSA) is 188 Å². The highest BCUT2D eigenvalue weighted by Crippen LogP contribution is 2.22. The Balaban J connectivity index is 0. The number of nitriles is 2. The van der Waals surface area contributed by atoms with Crippen molar-refractivity contribution < 1.29 is 14.7 Å². The van der Waals surface area contributed by atoms with Gasteiger partial charge >= 0.3 is 5.97 Å². The van der Waals surface area contributed by atoms with Gasteiger partial charge in [-0.25, -0.2) is 0 Å². The summed E-state index contributed by atoms with van der Waals surface area (Å²) in [5.41, 5.74) is 2.83. The molecule has 1 amide bonds. The third-order valence-corrected chi connectivity index (χ3v) is 5.39. The molecule has 13 heteroatoms. The van der Waals surface area contributed by atoms with E-state index >= 15 is 0 Å². The Labute approximate surface area is 213 Å². The molecule has 192 valence electrons. The van der Waals surface area contributed by atoms with Crippen molar-refractivity contribution in [3.63, 3.8) is 0 Å². The van der Waals surface area contributed by atoms with Gasteiger partial charge in [0, 0.05) is 31.6 Å². The van der Waals surface area contributed by atoms with Crippen LogP contribution in [0.4, 0.5) is 0 Å². The molecule has 0 aliphatic rings. The number of nitrogens with zero attached hydrogens (tertiary/aromatic N) is 2. The molecule has 0 rings (SSSR count). The van der Waals surface area contributed by atoms with Gasteiger partial charge in [0.15, 0.2) is 22.6 Å². The summed E-state index contributed by atoms with van der Waals surface area (Å²) in [5.74, 6) is -1.07. The lowest BCUT2D eigenvalue weighted by molar-refractivity contribution is -0.147. The number of aliphatic carboxylic acids is 1. The second-order valence-electron chi connectivity index (χ2n) is 8.69. The largest absolute Gasteiger partial charge is 0.481 e. The number of hydrogen-bond acceptors (Lipinski definition) is 7. The third kappa shape index (κ3) is 17.6. The number of nitrogens with one attached hydrogen (secondary N) is 5. The summed E-state index contributed by atoms with van der Waals surface area (Å²) in [7, 11) is 0. The average Bonchev–Trinajstić information content (AvgIpc) is 2.74. The first kappa shape index (κ1) is 33.3. The molecule has 0 heterocycles. The third-order valence-electron chi connectivity index (χ3n) is 4.82. The van der Waals surface area contributed by atoms with Crippen molar-refractivity contribution in [2.24, 2.45) is 16.6 Å². The van der Waals surface area contributed by atoms with E-state index in [1.165, 1.54) is 6.19 Å². The van der Waals surface area contributed by atoms with Crippen molar-refractivity contribution in [1.82, 2.24) is 26.6 Å². The second kappa shape index (κ2) is 18.5. The summed E-state index contributed by atoms with van der Waals surface area (Å²) in [6, 6.07) is 0. The number of nitrogens with two attached hydrogens (primary N) is 1. The fraction of sp³-hybridized carbons (Fsp3) is 0.714. The van der Waals surface area contributed by atoms with E-state index in [-0.39, 0.29) is 5.91 Å². The zero-order valence-corrected chi connectivity index (χ0v) is 22.0. The van der Waals surface area contributed by atoms with E-state index in [1.807, 2.05) is 0 Å². The number of carbonyl (C=O) groups is 2. The van der Waals surface area contributed by atoms with Gasteiger partial charge in [-0.15, -0.1) is 0 Å². The number of rotatable bonds is 14. The van der Waals surface area contributed by atoms with Crippen LogP contribution in [0, 0.1) is 33.7 Å². The van der Waals surface area contributed by atoms with Gasteiger partial charge in [0.1, 0.15) is 0 Å². The van der Waals surface area contributed by atoms with Crippen LogP contribution >= 0.6 is 24.4 Å².